The first-order chi connectivity index (χ1) is 16.3. The highest BCUT2D eigenvalue weighted by atomic mass is 127. The molecule has 2 fully saturated rings. The molecule has 1 aliphatic carbocycles. The number of nitrogens with one attached hydrogen (secondary N) is 1. The Hall–Kier alpha value is -1.88. The van der Waals surface area contributed by atoms with E-state index in [1.54, 1.807) is 36.4 Å². The second kappa shape index (κ2) is 11.7. The van der Waals surface area contributed by atoms with Gasteiger partial charge in [-0.25, -0.2) is 4.79 Å². The van der Waals surface area contributed by atoms with Gasteiger partial charge in [0.15, 0.2) is 0 Å². The molecule has 1 unspecified atom stereocenters. The number of hydrogen-bond donors (Lipinski definition) is 2. The first-order valence-electron chi connectivity index (χ1n) is 11.1. The molecule has 184 valence electrons. The molecule has 9 heteroatoms. The van der Waals surface area contributed by atoms with E-state index in [4.69, 9.17) is 26.2 Å². The van der Waals surface area contributed by atoms with Crippen LogP contribution in [0.2, 0.25) is 5.02 Å². The number of alkyl halides is 1. The number of ether oxygens (including phenoxy) is 2. The van der Waals surface area contributed by atoms with Crippen LogP contribution in [0.15, 0.2) is 48.5 Å². The Bertz CT molecular complexity index is 991. The topological polar surface area (TPSA) is 88.1 Å². The van der Waals surface area contributed by atoms with Crippen molar-refractivity contribution in [1.82, 2.24) is 10.2 Å². The number of aromatic carboxylic acids is 1. The van der Waals surface area contributed by atoms with Crippen molar-refractivity contribution in [3.8, 4) is 5.75 Å². The van der Waals surface area contributed by atoms with Crippen molar-refractivity contribution in [3.05, 3.63) is 64.7 Å². The van der Waals surface area contributed by atoms with Gasteiger partial charge in [0.2, 0.25) is 5.91 Å². The molecule has 0 aromatic heterocycles. The molecule has 0 spiro atoms. The van der Waals surface area contributed by atoms with Gasteiger partial charge in [-0.15, -0.1) is 0 Å². The summed E-state index contributed by atoms with van der Waals surface area (Å²) in [6.07, 6.45) is 2.24. The lowest BCUT2D eigenvalue weighted by Gasteiger charge is -2.37. The molecule has 34 heavy (non-hydrogen) atoms. The van der Waals surface area contributed by atoms with E-state index in [9.17, 15) is 9.59 Å². The molecule has 1 aliphatic heterocycles. The highest BCUT2D eigenvalue weighted by molar-refractivity contribution is 14.1. The lowest BCUT2D eigenvalue weighted by molar-refractivity contribution is -0.134. The van der Waals surface area contributed by atoms with Crippen molar-refractivity contribution >= 4 is 46.1 Å². The van der Waals surface area contributed by atoms with Crippen molar-refractivity contribution in [1.29, 1.82) is 0 Å². The quantitative estimate of drug-likeness (QED) is 0.329. The summed E-state index contributed by atoms with van der Waals surface area (Å²) in [6, 6.07) is 14.0. The molecule has 1 saturated heterocycles. The van der Waals surface area contributed by atoms with Crippen LogP contribution in [0.4, 0.5) is 0 Å². The molecule has 1 saturated carbocycles. The van der Waals surface area contributed by atoms with Crippen LogP contribution in [0.1, 0.15) is 35.2 Å². The number of carbonyl (C=O) groups is 2. The van der Waals surface area contributed by atoms with Gasteiger partial charge in [-0.05, 0) is 60.7 Å². The van der Waals surface area contributed by atoms with Crippen LogP contribution < -0.4 is 10.1 Å². The van der Waals surface area contributed by atoms with Gasteiger partial charge in [0, 0.05) is 24.6 Å². The maximum atomic E-state index is 13.5. The summed E-state index contributed by atoms with van der Waals surface area (Å²) in [6.45, 7) is 1.80. The summed E-state index contributed by atoms with van der Waals surface area (Å²) in [5, 5.41) is 13.0. The van der Waals surface area contributed by atoms with E-state index in [1.807, 2.05) is 29.0 Å². The smallest absolute Gasteiger partial charge is 0.335 e. The van der Waals surface area contributed by atoms with Gasteiger partial charge in [0.05, 0.1) is 17.7 Å². The monoisotopic (exact) mass is 600 g/mol. The zero-order valence-electron chi connectivity index (χ0n) is 19.4. The van der Waals surface area contributed by atoms with Crippen molar-refractivity contribution in [3.63, 3.8) is 0 Å². The third-order valence-electron chi connectivity index (χ3n) is 6.43. The molecule has 1 atom stereocenters. The lowest BCUT2D eigenvalue weighted by atomic mass is 9.93. The number of carboxylic acids is 1. The lowest BCUT2D eigenvalue weighted by Crippen LogP contribution is -2.60. The van der Waals surface area contributed by atoms with Gasteiger partial charge in [-0.1, -0.05) is 52.4 Å². The Morgan fingerprint density at radius 2 is 1.88 bits per heavy atom. The first kappa shape index (κ1) is 26.7. The molecule has 1 amide bonds. The van der Waals surface area contributed by atoms with E-state index < -0.39 is 17.0 Å². The Labute approximate surface area is 218 Å². The van der Waals surface area contributed by atoms with Crippen LogP contribution in [-0.4, -0.2) is 65.8 Å². The zero-order valence-corrected chi connectivity index (χ0v) is 22.3. The number of carbonyl (C=O) groups excluding carboxylic acids is 1. The molecule has 7 nitrogen and oxygen atoms in total. The second-order valence-electron chi connectivity index (χ2n) is 8.48. The van der Waals surface area contributed by atoms with Crippen LogP contribution >= 0.6 is 34.2 Å². The molecule has 2 aromatic carbocycles. The van der Waals surface area contributed by atoms with Crippen molar-refractivity contribution in [2.24, 2.45) is 0 Å². The minimum atomic E-state index is -0.964. The largest absolute Gasteiger partial charge is 0.492 e. The average Bonchev–Trinajstić information content (AvgIpc) is 3.44. The predicted molar refractivity (Wildman–Crippen MR) is 140 cm³/mol. The maximum Gasteiger partial charge on any atom is 0.335 e. The van der Waals surface area contributed by atoms with Gasteiger partial charge >= 0.3 is 5.97 Å². The van der Waals surface area contributed by atoms with Crippen molar-refractivity contribution in [2.75, 3.05) is 38.3 Å². The fourth-order valence-corrected chi connectivity index (χ4v) is 4.34. The van der Waals surface area contributed by atoms with Gasteiger partial charge in [-0.3, -0.25) is 9.69 Å². The molecule has 0 bridgehead atoms. The predicted octanol–water partition coefficient (Wildman–Crippen LogP) is 4.36. The highest BCUT2D eigenvalue weighted by Crippen LogP contribution is 2.46. The molecular formula is C25H30ClIN2O5. The molecular weight excluding hydrogens is 571 g/mol. The summed E-state index contributed by atoms with van der Waals surface area (Å²) in [5.41, 5.74) is -0.0521. The van der Waals surface area contributed by atoms with Crippen LogP contribution in [-0.2, 0) is 15.1 Å². The number of rotatable bonds is 9. The van der Waals surface area contributed by atoms with Crippen LogP contribution in [0.25, 0.3) is 0 Å². The number of nitrogens with zero attached hydrogens (tertiary/aromatic N) is 1. The van der Waals surface area contributed by atoms with Gasteiger partial charge in [0.1, 0.15) is 17.9 Å². The highest BCUT2D eigenvalue weighted by Gasteiger charge is 2.52. The summed E-state index contributed by atoms with van der Waals surface area (Å²) < 4.78 is 11.4. The summed E-state index contributed by atoms with van der Waals surface area (Å²) in [4.78, 5) is 28.6. The maximum absolute atomic E-state index is 13.5. The Kier molecular flexibility index (Phi) is 9.20. The Morgan fingerprint density at radius 3 is 2.44 bits per heavy atom. The first-order valence-corrected chi connectivity index (χ1v) is 13.6. The molecule has 2 aromatic rings. The van der Waals surface area contributed by atoms with Crippen LogP contribution in [0, 0.1) is 0 Å². The molecule has 4 rings (SSSR count). The van der Waals surface area contributed by atoms with E-state index in [2.05, 4.69) is 27.9 Å². The fourth-order valence-electron chi connectivity index (χ4n) is 4.16. The van der Waals surface area contributed by atoms with E-state index in [0.29, 0.717) is 43.6 Å². The second-order valence-corrected chi connectivity index (χ2v) is 8.92. The third-order valence-corrected chi connectivity index (χ3v) is 6.67. The number of benzene rings is 2. The summed E-state index contributed by atoms with van der Waals surface area (Å²) in [7, 11) is 1.91. The van der Waals surface area contributed by atoms with Crippen LogP contribution in [0.5, 0.6) is 5.75 Å². The fraction of sp³-hybridized carbons (Fsp3) is 0.440. The summed E-state index contributed by atoms with van der Waals surface area (Å²) in [5.74, 6) is -0.344. The van der Waals surface area contributed by atoms with Crippen molar-refractivity contribution in [2.45, 2.75) is 30.3 Å². The average molecular weight is 601 g/mol. The number of carboxylic acid groups (broad SMARTS) is 1. The number of likely N-dealkylation sites (N-methyl/N-ethyl adjacent to an activating group) is 1. The molecule has 2 N–H and O–H groups in total. The molecule has 0 radical (unpaired) electrons. The van der Waals surface area contributed by atoms with Gasteiger partial charge in [-0.2, -0.15) is 0 Å². The van der Waals surface area contributed by atoms with E-state index in [0.717, 1.165) is 18.4 Å². The standard InChI is InChI=1S/C24H27ClN2O5.CH3I/c1-27(12-14-32-20-4-2-3-19(25)15-20)24(11-13-31-16-24)22(30)26-23(9-10-23)18-7-5-17(6-8-18)21(28)29;1-2/h2-8,15H,9-14,16H2,1H3,(H,26,30)(H,28,29);1H3. The Balaban J connectivity index is 0.00000158. The number of halogens is 2. The van der Waals surface area contributed by atoms with Crippen LogP contribution in [0.3, 0.4) is 0 Å². The number of hydrogen-bond acceptors (Lipinski definition) is 5. The summed E-state index contributed by atoms with van der Waals surface area (Å²) >= 11 is 8.16. The third kappa shape index (κ3) is 6.02. The SMILES string of the molecule is CI.CN(CCOc1cccc(Cl)c1)C1(C(=O)NC2(c3ccc(C(=O)O)cc3)CC2)CCOC1. The minimum Gasteiger partial charge on any atom is -0.492 e. The van der Waals surface area contributed by atoms with Gasteiger partial charge in [0.25, 0.3) is 0 Å². The van der Waals surface area contributed by atoms with E-state index >= 15 is 0 Å². The zero-order chi connectivity index (χ0) is 24.8. The molecule has 1 heterocycles. The van der Waals surface area contributed by atoms with Crippen molar-refractivity contribution < 1.29 is 24.2 Å². The molecule has 2 aliphatic rings. The number of amides is 1. The minimum absolute atomic E-state index is 0.0694. The van der Waals surface area contributed by atoms with Gasteiger partial charge < -0.3 is 19.9 Å². The Morgan fingerprint density at radius 1 is 1.18 bits per heavy atom. The van der Waals surface area contributed by atoms with E-state index in [-0.39, 0.29) is 11.5 Å². The normalized spacial score (nSPS) is 20.3. The van der Waals surface area contributed by atoms with E-state index in [1.165, 1.54) is 0 Å².